The van der Waals surface area contributed by atoms with Crippen LogP contribution in [0.25, 0.3) is 0 Å². The summed E-state index contributed by atoms with van der Waals surface area (Å²) in [4.78, 5) is 4.12. The molecule has 1 atom stereocenters. The maximum absolute atomic E-state index is 10.5. The van der Waals surface area contributed by atoms with E-state index in [0.29, 0.717) is 5.56 Å². The van der Waals surface area contributed by atoms with Crippen molar-refractivity contribution in [3.8, 4) is 5.75 Å². The Bertz CT molecular complexity index is 577. The summed E-state index contributed by atoms with van der Waals surface area (Å²) >= 11 is 1.06. The summed E-state index contributed by atoms with van der Waals surface area (Å²) in [6.45, 7) is 14.3. The van der Waals surface area contributed by atoms with Crippen molar-refractivity contribution in [3.63, 3.8) is 0 Å². The zero-order valence-electron chi connectivity index (χ0n) is 17.5. The summed E-state index contributed by atoms with van der Waals surface area (Å²) in [5.74, 6) is 0.225. The van der Waals surface area contributed by atoms with Gasteiger partial charge in [-0.1, -0.05) is 47.6 Å². The summed E-state index contributed by atoms with van der Waals surface area (Å²) in [7, 11) is 0. The monoisotopic (exact) mass is 420 g/mol. The van der Waals surface area contributed by atoms with E-state index in [-0.39, 0.29) is 36.3 Å². The van der Waals surface area contributed by atoms with Crippen LogP contribution in [0.3, 0.4) is 0 Å². The van der Waals surface area contributed by atoms with Gasteiger partial charge in [-0.2, -0.15) is 0 Å². The van der Waals surface area contributed by atoms with Crippen LogP contribution in [0.1, 0.15) is 65.2 Å². The van der Waals surface area contributed by atoms with Gasteiger partial charge in [0.1, 0.15) is 5.75 Å². The molecule has 0 spiro atoms. The zero-order chi connectivity index (χ0) is 21.8. The van der Waals surface area contributed by atoms with Gasteiger partial charge in [-0.15, -0.1) is 0 Å². The van der Waals surface area contributed by atoms with Gasteiger partial charge in [0.05, 0.1) is 19.3 Å². The van der Waals surface area contributed by atoms with E-state index in [1.807, 2.05) is 6.07 Å². The van der Waals surface area contributed by atoms with Crippen molar-refractivity contribution in [2.24, 2.45) is 4.99 Å². The van der Waals surface area contributed by atoms with Crippen molar-refractivity contribution < 1.29 is 41.5 Å². The van der Waals surface area contributed by atoms with E-state index in [1.54, 1.807) is 13.1 Å². The maximum atomic E-state index is 10.5. The van der Waals surface area contributed by atoms with Crippen molar-refractivity contribution >= 4 is 6.21 Å². The Morgan fingerprint density at radius 1 is 1.07 bits per heavy atom. The Morgan fingerprint density at radius 2 is 1.56 bits per heavy atom. The Balaban J connectivity index is 0. The molecule has 0 heterocycles. The average Bonchev–Trinajstić information content (AvgIpc) is 2.56. The quantitative estimate of drug-likeness (QED) is 0.560. The minimum atomic E-state index is -0.869. The van der Waals surface area contributed by atoms with Gasteiger partial charge in [0.2, 0.25) is 0 Å². The van der Waals surface area contributed by atoms with Crippen molar-refractivity contribution in [1.29, 1.82) is 0 Å². The van der Waals surface area contributed by atoms with Crippen LogP contribution >= 0.6 is 0 Å². The standard InChI is InChI=1S/C18H29NO3.C2H6O.O.V/c1-17(2,3)13-7-12(9-19-10-14(21)11-20)16(22)15(8-13)18(4,5)6;1-2-3;;/h7-9,14,20-22H,10-11H2,1-6H3;3H,2H2,1H3;;. The van der Waals surface area contributed by atoms with Crippen LogP contribution in [0, 0.1) is 0 Å². The summed E-state index contributed by atoms with van der Waals surface area (Å²) in [6, 6.07) is 3.98. The molecule has 0 fully saturated rings. The molecule has 0 amide bonds. The average molecular weight is 420 g/mol. The molecule has 0 radical (unpaired) electrons. The molecule has 7 heteroatoms. The van der Waals surface area contributed by atoms with Crippen LogP contribution in [-0.2, 0) is 31.9 Å². The van der Waals surface area contributed by atoms with Crippen molar-refractivity contribution in [2.45, 2.75) is 65.4 Å². The molecule has 1 aromatic carbocycles. The van der Waals surface area contributed by atoms with Crippen LogP contribution in [0.2, 0.25) is 0 Å². The normalized spacial score (nSPS) is 12.6. The first kappa shape index (κ1) is 28.2. The second kappa shape index (κ2) is 13.2. The Labute approximate surface area is 172 Å². The molecule has 0 saturated heterocycles. The van der Waals surface area contributed by atoms with E-state index in [1.165, 1.54) is 0 Å². The zero-order valence-corrected chi connectivity index (χ0v) is 18.9. The van der Waals surface area contributed by atoms with Crippen LogP contribution in [0.4, 0.5) is 0 Å². The number of phenolic OH excluding ortho intramolecular Hbond substituents is 1. The van der Waals surface area contributed by atoms with Crippen LogP contribution in [0.5, 0.6) is 5.75 Å². The van der Waals surface area contributed by atoms with Gasteiger partial charge in [-0.3, -0.25) is 4.99 Å². The molecular weight excluding hydrogens is 385 g/mol. The number of hydrogen-bond donors (Lipinski definition) is 4. The summed E-state index contributed by atoms with van der Waals surface area (Å²) < 4.78 is 8.19. The van der Waals surface area contributed by atoms with Gasteiger partial charge in [-0.05, 0) is 29.4 Å². The van der Waals surface area contributed by atoms with Gasteiger partial charge in [0.25, 0.3) is 0 Å². The van der Waals surface area contributed by atoms with E-state index < -0.39 is 6.10 Å². The summed E-state index contributed by atoms with van der Waals surface area (Å²) in [6.07, 6.45) is 0.699. The summed E-state index contributed by atoms with van der Waals surface area (Å²) in [5.41, 5.74) is 2.42. The fraction of sp³-hybridized carbons (Fsp3) is 0.650. The topological polar surface area (TPSA) is 110 Å². The molecule has 1 rings (SSSR count). The molecule has 1 unspecified atom stereocenters. The molecule has 155 valence electrons. The molecule has 0 aliphatic rings. The second-order valence-electron chi connectivity index (χ2n) is 8.11. The van der Waals surface area contributed by atoms with E-state index in [9.17, 15) is 10.2 Å². The molecule has 0 aromatic heterocycles. The molecule has 27 heavy (non-hydrogen) atoms. The first-order valence-electron chi connectivity index (χ1n) is 8.84. The Morgan fingerprint density at radius 3 is 1.93 bits per heavy atom. The fourth-order valence-corrected chi connectivity index (χ4v) is 2.09. The van der Waals surface area contributed by atoms with E-state index in [2.05, 4.69) is 52.6 Å². The Kier molecular flexibility index (Phi) is 13.8. The molecule has 6 nitrogen and oxygen atoms in total. The number of aliphatic hydroxyl groups is 3. The molecule has 0 saturated carbocycles. The van der Waals surface area contributed by atoms with E-state index in [0.717, 1.165) is 28.5 Å². The van der Waals surface area contributed by atoms with Crippen LogP contribution < -0.4 is 0 Å². The molecule has 1 aromatic rings. The SMILES string of the molecule is CC(C)(C)c1cc(C=NCC(O)CO)c(O)c(C(C)(C)C)c1.CCO.[O]=[V]. The number of hydrogen-bond acceptors (Lipinski definition) is 6. The van der Waals surface area contributed by atoms with Crippen LogP contribution in [-0.4, -0.2) is 52.5 Å². The third-order valence-corrected chi connectivity index (χ3v) is 3.57. The third-order valence-electron chi connectivity index (χ3n) is 3.57. The van der Waals surface area contributed by atoms with Gasteiger partial charge in [0.15, 0.2) is 0 Å². The van der Waals surface area contributed by atoms with Gasteiger partial charge in [-0.25, -0.2) is 0 Å². The van der Waals surface area contributed by atoms with Crippen molar-refractivity contribution in [2.75, 3.05) is 19.8 Å². The molecule has 0 bridgehead atoms. The number of aromatic hydroxyl groups is 1. The number of rotatable bonds is 4. The molecule has 0 aliphatic heterocycles. The first-order valence-corrected chi connectivity index (χ1v) is 9.41. The van der Waals surface area contributed by atoms with Crippen LogP contribution in [0.15, 0.2) is 17.1 Å². The molecule has 0 aliphatic carbocycles. The number of phenols is 1. The molecule has 4 N–H and O–H groups in total. The predicted molar refractivity (Wildman–Crippen MR) is 105 cm³/mol. The molecular formula is C20H35NO5V. The van der Waals surface area contributed by atoms with E-state index >= 15 is 0 Å². The number of nitrogens with zero attached hydrogens (tertiary/aromatic N) is 1. The number of aliphatic hydroxyl groups excluding tert-OH is 3. The fourth-order valence-electron chi connectivity index (χ4n) is 2.09. The number of aliphatic imine (C=N–C) groups is 1. The Hall–Kier alpha value is -1.05. The van der Waals surface area contributed by atoms with E-state index in [4.69, 9.17) is 13.9 Å². The minimum absolute atomic E-state index is 0.0408. The van der Waals surface area contributed by atoms with Gasteiger partial charge >= 0.3 is 21.0 Å². The number of benzene rings is 1. The van der Waals surface area contributed by atoms with Crippen molar-refractivity contribution in [3.05, 3.63) is 28.8 Å². The predicted octanol–water partition coefficient (Wildman–Crippen LogP) is 2.64. The van der Waals surface area contributed by atoms with Gasteiger partial charge < -0.3 is 20.4 Å². The van der Waals surface area contributed by atoms with Gasteiger partial charge in [0, 0.05) is 23.9 Å². The van der Waals surface area contributed by atoms with Crippen molar-refractivity contribution in [1.82, 2.24) is 0 Å². The third kappa shape index (κ3) is 10.8. The first-order chi connectivity index (χ1) is 12.4. The second-order valence-corrected chi connectivity index (χ2v) is 8.11. The summed E-state index contributed by atoms with van der Waals surface area (Å²) in [5, 5.41) is 36.3.